The van der Waals surface area contributed by atoms with Gasteiger partial charge in [-0.15, -0.1) is 11.8 Å². The van der Waals surface area contributed by atoms with E-state index in [1.165, 1.54) is 6.33 Å². The largest absolute Gasteiger partial charge is 0.477 e. The van der Waals surface area contributed by atoms with E-state index in [-0.39, 0.29) is 0 Å². The lowest BCUT2D eigenvalue weighted by Gasteiger charge is -2.07. The van der Waals surface area contributed by atoms with Crippen LogP contribution in [0.4, 0.5) is 5.82 Å². The number of hydrogen-bond donors (Lipinski definition) is 3. The third kappa shape index (κ3) is 3.53. The molecule has 1 aromatic carbocycles. The van der Waals surface area contributed by atoms with Gasteiger partial charge in [-0.1, -0.05) is 6.92 Å². The Bertz CT molecular complexity index is 745. The Hall–Kier alpha value is -2.61. The van der Waals surface area contributed by atoms with Crippen LogP contribution in [0.3, 0.4) is 0 Å². The van der Waals surface area contributed by atoms with E-state index in [2.05, 4.69) is 15.3 Å². The van der Waals surface area contributed by atoms with E-state index in [9.17, 15) is 9.59 Å². The number of aromatic nitrogens is 2. The number of nitrogens with one attached hydrogen (secondary N) is 1. The van der Waals surface area contributed by atoms with Crippen LogP contribution in [0.25, 0.3) is 10.9 Å². The van der Waals surface area contributed by atoms with Crippen LogP contribution in [0.5, 0.6) is 0 Å². The summed E-state index contributed by atoms with van der Waals surface area (Å²) in [6.07, 6.45) is 2.23. The van der Waals surface area contributed by atoms with Crippen LogP contribution in [0.2, 0.25) is 0 Å². The second-order valence-corrected chi connectivity index (χ2v) is 5.48. The van der Waals surface area contributed by atoms with Crippen LogP contribution >= 0.6 is 11.8 Å². The van der Waals surface area contributed by atoms with Crippen molar-refractivity contribution >= 4 is 40.4 Å². The zero-order chi connectivity index (χ0) is 16.1. The molecule has 3 N–H and O–H groups in total. The highest BCUT2D eigenvalue weighted by molar-refractivity contribution is 7.99. The fourth-order valence-corrected chi connectivity index (χ4v) is 2.46. The number of anilines is 1. The van der Waals surface area contributed by atoms with Gasteiger partial charge in [0.25, 0.3) is 0 Å². The summed E-state index contributed by atoms with van der Waals surface area (Å²) in [5.41, 5.74) is -0.0931. The highest BCUT2D eigenvalue weighted by atomic mass is 32.2. The highest BCUT2D eigenvalue weighted by Gasteiger charge is 2.16. The zero-order valence-corrected chi connectivity index (χ0v) is 12.4. The smallest absolute Gasteiger partial charge is 0.344 e. The van der Waals surface area contributed by atoms with Gasteiger partial charge in [-0.25, -0.2) is 19.6 Å². The lowest BCUT2D eigenvalue weighted by Crippen LogP contribution is -2.13. The number of rotatable bonds is 6. The first-order valence-corrected chi connectivity index (χ1v) is 7.32. The number of hydrogen-bond acceptors (Lipinski definition) is 6. The molecule has 22 heavy (non-hydrogen) atoms. The molecule has 0 fully saturated rings. The molecular formula is C14H13N3O4S. The first-order chi connectivity index (χ1) is 10.5. The molecule has 0 radical (unpaired) electrons. The van der Waals surface area contributed by atoms with Crippen molar-refractivity contribution in [3.8, 4) is 0 Å². The Morgan fingerprint density at radius 2 is 2.00 bits per heavy atom. The molecule has 0 atom stereocenters. The normalized spacial score (nSPS) is 10.2. The van der Waals surface area contributed by atoms with E-state index < -0.39 is 17.5 Å². The van der Waals surface area contributed by atoms with Crippen molar-refractivity contribution in [2.75, 3.05) is 11.1 Å². The van der Waals surface area contributed by atoms with Crippen LogP contribution in [-0.2, 0) is 9.59 Å². The summed E-state index contributed by atoms with van der Waals surface area (Å²) in [6.45, 7) is 2.03. The van der Waals surface area contributed by atoms with Gasteiger partial charge in [0.15, 0.2) is 5.57 Å². The van der Waals surface area contributed by atoms with Gasteiger partial charge in [-0.2, -0.15) is 0 Å². The molecule has 114 valence electrons. The van der Waals surface area contributed by atoms with Crippen molar-refractivity contribution in [1.82, 2.24) is 9.97 Å². The van der Waals surface area contributed by atoms with Gasteiger partial charge >= 0.3 is 11.9 Å². The minimum atomic E-state index is -1.53. The topological polar surface area (TPSA) is 112 Å². The number of nitrogens with zero attached hydrogens (tertiary/aromatic N) is 2. The average Bonchev–Trinajstić information content (AvgIpc) is 2.47. The lowest BCUT2D eigenvalue weighted by molar-refractivity contribution is -0.140. The Labute approximate surface area is 130 Å². The second kappa shape index (κ2) is 6.90. The van der Waals surface area contributed by atoms with Gasteiger partial charge in [0, 0.05) is 16.5 Å². The number of aliphatic carboxylic acids is 2. The number of carboxylic acid groups (broad SMARTS) is 2. The van der Waals surface area contributed by atoms with Gasteiger partial charge < -0.3 is 15.5 Å². The molecule has 0 saturated heterocycles. The monoisotopic (exact) mass is 319 g/mol. The standard InChI is InChI=1S/C14H13N3O4S/c1-2-22-8-3-4-11-9(5-8)12(17-7-16-11)15-6-10(13(18)19)14(20)21/h3-7H,2H2,1H3,(H,18,19)(H,20,21)(H,15,16,17). The Morgan fingerprint density at radius 3 is 2.64 bits per heavy atom. The van der Waals surface area contributed by atoms with E-state index in [1.807, 2.05) is 25.1 Å². The SMILES string of the molecule is CCSc1ccc2ncnc(NC=C(C(=O)O)C(=O)O)c2c1. The quantitative estimate of drug-likeness (QED) is 0.321. The van der Waals surface area contributed by atoms with Crippen LogP contribution in [0.1, 0.15) is 6.92 Å². The Balaban J connectivity index is 2.42. The molecule has 0 saturated carbocycles. The predicted octanol–water partition coefficient (Wildman–Crippen LogP) is 2.21. The first kappa shape index (κ1) is 15.8. The third-order valence-corrected chi connectivity index (χ3v) is 3.61. The van der Waals surface area contributed by atoms with Gasteiger partial charge in [-0.05, 0) is 24.0 Å². The molecule has 1 heterocycles. The number of carboxylic acids is 2. The van der Waals surface area contributed by atoms with Crippen molar-refractivity contribution in [1.29, 1.82) is 0 Å². The summed E-state index contributed by atoms with van der Waals surface area (Å²) in [7, 11) is 0. The second-order valence-electron chi connectivity index (χ2n) is 4.15. The van der Waals surface area contributed by atoms with Gasteiger partial charge in [0.05, 0.1) is 5.52 Å². The molecule has 0 aliphatic heterocycles. The van der Waals surface area contributed by atoms with Crippen molar-refractivity contribution in [3.05, 3.63) is 36.3 Å². The number of fused-ring (bicyclic) bond motifs is 1. The maximum absolute atomic E-state index is 10.8. The molecule has 7 nitrogen and oxygen atoms in total. The molecule has 0 aliphatic rings. The molecule has 0 spiro atoms. The zero-order valence-electron chi connectivity index (χ0n) is 11.6. The summed E-state index contributed by atoms with van der Waals surface area (Å²) >= 11 is 1.65. The van der Waals surface area contributed by atoms with E-state index in [0.29, 0.717) is 16.7 Å². The predicted molar refractivity (Wildman–Crippen MR) is 82.9 cm³/mol. The number of thioether (sulfide) groups is 1. The van der Waals surface area contributed by atoms with Crippen molar-refractivity contribution < 1.29 is 19.8 Å². The highest BCUT2D eigenvalue weighted by Crippen LogP contribution is 2.26. The Morgan fingerprint density at radius 1 is 1.27 bits per heavy atom. The molecule has 0 amide bonds. The summed E-state index contributed by atoms with van der Waals surface area (Å²) < 4.78 is 0. The van der Waals surface area contributed by atoms with Gasteiger partial charge in [-0.3, -0.25) is 0 Å². The van der Waals surface area contributed by atoms with Gasteiger partial charge in [0.2, 0.25) is 0 Å². The van der Waals surface area contributed by atoms with Crippen molar-refractivity contribution in [3.63, 3.8) is 0 Å². The molecule has 0 bridgehead atoms. The van der Waals surface area contributed by atoms with E-state index in [1.54, 1.807) is 11.8 Å². The molecule has 2 rings (SSSR count). The summed E-state index contributed by atoms with van der Waals surface area (Å²) in [5, 5.41) is 21.0. The van der Waals surface area contributed by atoms with E-state index in [0.717, 1.165) is 16.8 Å². The summed E-state index contributed by atoms with van der Waals surface area (Å²) in [4.78, 5) is 30.9. The van der Waals surface area contributed by atoms with Crippen LogP contribution in [-0.4, -0.2) is 37.9 Å². The summed E-state index contributed by atoms with van der Waals surface area (Å²) in [6, 6.07) is 5.64. The van der Waals surface area contributed by atoms with Crippen LogP contribution in [0.15, 0.2) is 41.2 Å². The molecule has 1 aromatic heterocycles. The van der Waals surface area contributed by atoms with Crippen molar-refractivity contribution in [2.45, 2.75) is 11.8 Å². The minimum Gasteiger partial charge on any atom is -0.477 e. The molecule has 0 unspecified atom stereocenters. The maximum atomic E-state index is 10.8. The van der Waals surface area contributed by atoms with E-state index in [4.69, 9.17) is 10.2 Å². The molecule has 0 aliphatic carbocycles. The first-order valence-electron chi connectivity index (χ1n) is 6.33. The Kier molecular flexibility index (Phi) is 4.95. The van der Waals surface area contributed by atoms with E-state index >= 15 is 0 Å². The lowest BCUT2D eigenvalue weighted by atomic mass is 10.2. The summed E-state index contributed by atoms with van der Waals surface area (Å²) in [5.74, 6) is -1.80. The maximum Gasteiger partial charge on any atom is 0.344 e. The van der Waals surface area contributed by atoms with Gasteiger partial charge in [0.1, 0.15) is 12.1 Å². The fraction of sp³-hybridized carbons (Fsp3) is 0.143. The number of benzene rings is 1. The van der Waals surface area contributed by atoms with Crippen LogP contribution < -0.4 is 5.32 Å². The fourth-order valence-electron chi connectivity index (χ4n) is 1.76. The molecular weight excluding hydrogens is 306 g/mol. The van der Waals surface area contributed by atoms with Crippen molar-refractivity contribution in [2.24, 2.45) is 0 Å². The van der Waals surface area contributed by atoms with Crippen LogP contribution in [0, 0.1) is 0 Å². The third-order valence-electron chi connectivity index (χ3n) is 2.73. The average molecular weight is 319 g/mol. The molecule has 2 aromatic rings. The number of carbonyl (C=O) groups is 2. The minimum absolute atomic E-state index is 0.351. The molecule has 8 heteroatoms.